The first-order valence-electron chi connectivity index (χ1n) is 5.42. The Hall–Kier alpha value is -0.720. The highest BCUT2D eigenvalue weighted by Gasteiger charge is 2.26. The average Bonchev–Trinajstić information content (AvgIpc) is 2.68. The van der Waals surface area contributed by atoms with E-state index in [0.29, 0.717) is 5.69 Å². The van der Waals surface area contributed by atoms with E-state index in [4.69, 9.17) is 11.6 Å². The summed E-state index contributed by atoms with van der Waals surface area (Å²) in [6.45, 7) is 3.30. The van der Waals surface area contributed by atoms with Gasteiger partial charge in [-0.05, 0) is 38.4 Å². The van der Waals surface area contributed by atoms with Crippen molar-refractivity contribution in [3.63, 3.8) is 0 Å². The Morgan fingerprint density at radius 1 is 1.53 bits per heavy atom. The minimum absolute atomic E-state index is 0.0831. The third kappa shape index (κ3) is 3.14. The lowest BCUT2D eigenvalue weighted by atomic mass is 10.2. The van der Waals surface area contributed by atoms with E-state index in [1.54, 1.807) is 6.92 Å². The first kappa shape index (κ1) is 12.7. The molecule has 1 aromatic heterocycles. The van der Waals surface area contributed by atoms with Crippen LogP contribution in [-0.4, -0.2) is 37.2 Å². The van der Waals surface area contributed by atoms with Crippen LogP contribution in [-0.2, 0) is 9.84 Å². The standard InChI is InChI=1S/C10H14ClN3O2S/c1-7-4-9(11)14-10(13-7)17(15,16)6-8-2-3-12-5-8/h4,8,12H,2-3,5-6H2,1H3/t8-/m1/s1. The molecule has 0 aromatic carbocycles. The summed E-state index contributed by atoms with van der Waals surface area (Å²) < 4.78 is 24.2. The van der Waals surface area contributed by atoms with Gasteiger partial charge in [0.05, 0.1) is 5.75 Å². The SMILES string of the molecule is Cc1cc(Cl)nc(S(=O)(=O)C[C@@H]2CCNC2)n1. The van der Waals surface area contributed by atoms with Crippen molar-refractivity contribution < 1.29 is 8.42 Å². The number of nitrogens with one attached hydrogen (secondary N) is 1. The molecule has 1 saturated heterocycles. The molecule has 0 amide bonds. The van der Waals surface area contributed by atoms with E-state index in [0.717, 1.165) is 19.5 Å². The van der Waals surface area contributed by atoms with Crippen molar-refractivity contribution in [2.75, 3.05) is 18.8 Å². The van der Waals surface area contributed by atoms with Gasteiger partial charge in [-0.15, -0.1) is 0 Å². The molecule has 17 heavy (non-hydrogen) atoms. The molecule has 1 aromatic rings. The molecule has 0 saturated carbocycles. The van der Waals surface area contributed by atoms with Gasteiger partial charge in [-0.3, -0.25) is 0 Å². The average molecular weight is 276 g/mol. The van der Waals surface area contributed by atoms with E-state index in [2.05, 4.69) is 15.3 Å². The smallest absolute Gasteiger partial charge is 0.248 e. The predicted molar refractivity (Wildman–Crippen MR) is 64.8 cm³/mol. The second-order valence-electron chi connectivity index (χ2n) is 4.25. The predicted octanol–water partition coefficient (Wildman–Crippen LogP) is 0.822. The van der Waals surface area contributed by atoms with Gasteiger partial charge in [0.15, 0.2) is 0 Å². The molecule has 1 N–H and O–H groups in total. The number of nitrogens with zero attached hydrogens (tertiary/aromatic N) is 2. The molecule has 94 valence electrons. The lowest BCUT2D eigenvalue weighted by Gasteiger charge is -2.08. The summed E-state index contributed by atoms with van der Waals surface area (Å²) in [7, 11) is -3.44. The quantitative estimate of drug-likeness (QED) is 0.653. The number of hydrogen-bond donors (Lipinski definition) is 1. The second-order valence-corrected chi connectivity index (χ2v) is 6.57. The molecule has 5 nitrogen and oxygen atoms in total. The Morgan fingerprint density at radius 3 is 2.88 bits per heavy atom. The highest BCUT2D eigenvalue weighted by atomic mass is 35.5. The molecule has 2 heterocycles. The highest BCUT2D eigenvalue weighted by Crippen LogP contribution is 2.17. The van der Waals surface area contributed by atoms with Crippen molar-refractivity contribution in [2.45, 2.75) is 18.5 Å². The van der Waals surface area contributed by atoms with E-state index in [1.807, 2.05) is 0 Å². The van der Waals surface area contributed by atoms with E-state index in [1.165, 1.54) is 6.07 Å². The third-order valence-corrected chi connectivity index (χ3v) is 4.54. The van der Waals surface area contributed by atoms with Crippen molar-refractivity contribution in [1.29, 1.82) is 0 Å². The molecule has 1 fully saturated rings. The Balaban J connectivity index is 2.24. The molecule has 0 radical (unpaired) electrons. The second kappa shape index (κ2) is 4.88. The zero-order chi connectivity index (χ0) is 12.5. The van der Waals surface area contributed by atoms with Crippen LogP contribution in [0.4, 0.5) is 0 Å². The van der Waals surface area contributed by atoms with Crippen LogP contribution in [0, 0.1) is 12.8 Å². The summed E-state index contributed by atoms with van der Waals surface area (Å²) in [6.07, 6.45) is 0.874. The Kier molecular flexibility index (Phi) is 3.65. The van der Waals surface area contributed by atoms with Gasteiger partial charge < -0.3 is 5.32 Å². The zero-order valence-electron chi connectivity index (χ0n) is 9.48. The number of aromatic nitrogens is 2. The summed E-state index contributed by atoms with van der Waals surface area (Å²) in [5.41, 5.74) is 0.563. The summed E-state index contributed by atoms with van der Waals surface area (Å²) >= 11 is 5.74. The number of halogens is 1. The van der Waals surface area contributed by atoms with Crippen LogP contribution < -0.4 is 5.32 Å². The van der Waals surface area contributed by atoms with Crippen molar-refractivity contribution in [3.8, 4) is 0 Å². The van der Waals surface area contributed by atoms with Crippen LogP contribution in [0.15, 0.2) is 11.2 Å². The zero-order valence-corrected chi connectivity index (χ0v) is 11.1. The van der Waals surface area contributed by atoms with Crippen LogP contribution in [0.5, 0.6) is 0 Å². The molecule has 0 aliphatic carbocycles. The van der Waals surface area contributed by atoms with E-state index in [9.17, 15) is 8.42 Å². The Labute approximate surface area is 106 Å². The van der Waals surface area contributed by atoms with Gasteiger partial charge in [0.25, 0.3) is 0 Å². The highest BCUT2D eigenvalue weighted by molar-refractivity contribution is 7.91. The Morgan fingerprint density at radius 2 is 2.29 bits per heavy atom. The van der Waals surface area contributed by atoms with Gasteiger partial charge in [-0.25, -0.2) is 18.4 Å². The summed E-state index contributed by atoms with van der Waals surface area (Å²) in [4.78, 5) is 7.74. The van der Waals surface area contributed by atoms with Crippen molar-refractivity contribution in [1.82, 2.24) is 15.3 Å². The molecule has 7 heteroatoms. The van der Waals surface area contributed by atoms with Gasteiger partial charge in [-0.1, -0.05) is 11.6 Å². The van der Waals surface area contributed by atoms with Crippen LogP contribution in [0.3, 0.4) is 0 Å². The van der Waals surface area contributed by atoms with Crippen LogP contribution in [0.25, 0.3) is 0 Å². The number of aryl methyl sites for hydroxylation is 1. The van der Waals surface area contributed by atoms with Crippen LogP contribution >= 0.6 is 11.6 Å². The fraction of sp³-hybridized carbons (Fsp3) is 0.600. The van der Waals surface area contributed by atoms with Crippen molar-refractivity contribution >= 4 is 21.4 Å². The van der Waals surface area contributed by atoms with Crippen LogP contribution in [0.2, 0.25) is 5.15 Å². The van der Waals surface area contributed by atoms with E-state index in [-0.39, 0.29) is 22.0 Å². The minimum atomic E-state index is -3.44. The lowest BCUT2D eigenvalue weighted by Crippen LogP contribution is -2.20. The number of rotatable bonds is 3. The van der Waals surface area contributed by atoms with Gasteiger partial charge in [0.1, 0.15) is 5.15 Å². The first-order chi connectivity index (χ1) is 7.97. The van der Waals surface area contributed by atoms with E-state index >= 15 is 0 Å². The largest absolute Gasteiger partial charge is 0.316 e. The normalized spacial score (nSPS) is 20.7. The van der Waals surface area contributed by atoms with Gasteiger partial charge in [0, 0.05) is 5.69 Å². The number of sulfone groups is 1. The number of hydrogen-bond acceptors (Lipinski definition) is 5. The topological polar surface area (TPSA) is 72.0 Å². The van der Waals surface area contributed by atoms with Crippen molar-refractivity contribution in [3.05, 3.63) is 16.9 Å². The molecular weight excluding hydrogens is 262 g/mol. The summed E-state index contributed by atoms with van der Waals surface area (Å²) in [6, 6.07) is 1.54. The van der Waals surface area contributed by atoms with Gasteiger partial charge in [-0.2, -0.15) is 0 Å². The minimum Gasteiger partial charge on any atom is -0.316 e. The maximum atomic E-state index is 12.1. The maximum absolute atomic E-state index is 12.1. The van der Waals surface area contributed by atoms with Gasteiger partial charge >= 0.3 is 0 Å². The molecular formula is C10H14ClN3O2S. The molecule has 0 spiro atoms. The van der Waals surface area contributed by atoms with Gasteiger partial charge in [0.2, 0.25) is 15.0 Å². The molecule has 2 rings (SSSR count). The third-order valence-electron chi connectivity index (χ3n) is 2.70. The molecule has 1 aliphatic rings. The summed E-state index contributed by atoms with van der Waals surface area (Å²) in [5, 5.41) is 3.15. The van der Waals surface area contributed by atoms with E-state index < -0.39 is 9.84 Å². The monoisotopic (exact) mass is 275 g/mol. The molecule has 0 unspecified atom stereocenters. The fourth-order valence-corrected chi connectivity index (χ4v) is 3.75. The molecule has 1 atom stereocenters. The maximum Gasteiger partial charge on any atom is 0.248 e. The van der Waals surface area contributed by atoms with Crippen LogP contribution in [0.1, 0.15) is 12.1 Å². The first-order valence-corrected chi connectivity index (χ1v) is 7.45. The summed E-state index contributed by atoms with van der Waals surface area (Å²) in [5.74, 6) is 0.225. The van der Waals surface area contributed by atoms with Crippen molar-refractivity contribution in [2.24, 2.45) is 5.92 Å². The Bertz CT molecular complexity index is 492. The lowest BCUT2D eigenvalue weighted by molar-refractivity contribution is 0.562. The molecule has 1 aliphatic heterocycles. The molecule has 0 bridgehead atoms. The fourth-order valence-electron chi connectivity index (χ4n) is 1.88.